The van der Waals surface area contributed by atoms with E-state index in [1.807, 2.05) is 36.3 Å². The van der Waals surface area contributed by atoms with Crippen LogP contribution in [0.25, 0.3) is 11.4 Å². The highest BCUT2D eigenvalue weighted by Gasteiger charge is 2.52. The molecular formula is C22H22F2N6O. The zero-order chi connectivity index (χ0) is 21.8. The number of hydrogen-bond donors (Lipinski definition) is 1. The molecule has 1 amide bonds. The number of aromatic nitrogens is 2. The number of allylic oxidation sites excluding steroid dienone is 2. The summed E-state index contributed by atoms with van der Waals surface area (Å²) in [5, 5.41) is 3.34. The Hall–Kier alpha value is -3.33. The van der Waals surface area contributed by atoms with Crippen molar-refractivity contribution >= 4 is 11.7 Å². The third-order valence-corrected chi connectivity index (χ3v) is 6.25. The highest BCUT2D eigenvalue weighted by molar-refractivity contribution is 6.04. The lowest BCUT2D eigenvalue weighted by Gasteiger charge is -2.53. The summed E-state index contributed by atoms with van der Waals surface area (Å²) < 4.78 is 29.0. The first-order valence-corrected chi connectivity index (χ1v) is 10.2. The van der Waals surface area contributed by atoms with Crippen molar-refractivity contribution in [2.45, 2.75) is 31.2 Å². The van der Waals surface area contributed by atoms with Crippen molar-refractivity contribution in [2.24, 2.45) is 4.99 Å². The topological polar surface area (TPSA) is 65.8 Å². The average molecular weight is 424 g/mol. The lowest BCUT2D eigenvalue weighted by atomic mass is 9.85. The molecule has 1 fully saturated rings. The van der Waals surface area contributed by atoms with Gasteiger partial charge in [-0.3, -0.25) is 14.7 Å². The quantitative estimate of drug-likeness (QED) is 0.823. The second-order valence-corrected chi connectivity index (χ2v) is 7.84. The number of likely N-dealkylation sites (N-methyl/N-ethyl adjacent to an activating group) is 1. The van der Waals surface area contributed by atoms with E-state index in [1.165, 1.54) is 6.07 Å². The molecule has 3 aliphatic heterocycles. The molecule has 1 saturated heterocycles. The van der Waals surface area contributed by atoms with E-state index in [0.29, 0.717) is 24.4 Å². The van der Waals surface area contributed by atoms with Crippen LogP contribution in [0.1, 0.15) is 19.6 Å². The number of nitrogens with zero attached hydrogens (tertiary/aromatic N) is 5. The van der Waals surface area contributed by atoms with Crippen molar-refractivity contribution in [3.63, 3.8) is 0 Å². The number of aliphatic imine (C=N–C) groups is 1. The van der Waals surface area contributed by atoms with E-state index >= 15 is 0 Å². The summed E-state index contributed by atoms with van der Waals surface area (Å²) in [4.78, 5) is 26.2. The minimum absolute atomic E-state index is 0.0323. The Morgan fingerprint density at radius 1 is 1.26 bits per heavy atom. The number of nitrogens with one attached hydrogen (secondary N) is 1. The van der Waals surface area contributed by atoms with Crippen molar-refractivity contribution in [2.75, 3.05) is 13.6 Å². The number of amides is 1. The van der Waals surface area contributed by atoms with Crippen molar-refractivity contribution in [3.05, 3.63) is 66.7 Å². The maximum atomic E-state index is 13.8. The van der Waals surface area contributed by atoms with E-state index in [2.05, 4.69) is 10.3 Å². The highest BCUT2D eigenvalue weighted by atomic mass is 19.2. The van der Waals surface area contributed by atoms with Crippen LogP contribution in [0.15, 0.2) is 60.0 Å². The molecular weight excluding hydrogens is 402 g/mol. The fourth-order valence-corrected chi connectivity index (χ4v) is 4.53. The Balaban J connectivity index is 1.57. The minimum atomic E-state index is -0.930. The third-order valence-electron chi connectivity index (χ3n) is 6.25. The number of piperazine rings is 1. The second kappa shape index (κ2) is 7.12. The molecule has 2 aromatic rings. The van der Waals surface area contributed by atoms with Crippen LogP contribution in [0.2, 0.25) is 0 Å². The lowest BCUT2D eigenvalue weighted by Crippen LogP contribution is -2.71. The van der Waals surface area contributed by atoms with Gasteiger partial charge in [0.15, 0.2) is 17.9 Å². The molecule has 0 aliphatic carbocycles. The van der Waals surface area contributed by atoms with Gasteiger partial charge in [-0.15, -0.1) is 0 Å². The van der Waals surface area contributed by atoms with E-state index in [9.17, 15) is 13.6 Å². The van der Waals surface area contributed by atoms with Gasteiger partial charge in [0.1, 0.15) is 23.2 Å². The van der Waals surface area contributed by atoms with Gasteiger partial charge in [0, 0.05) is 37.7 Å². The van der Waals surface area contributed by atoms with Gasteiger partial charge in [-0.1, -0.05) is 13.0 Å². The number of carbonyl (C=O) groups excluding carboxylic acids is 1. The molecule has 0 radical (unpaired) electrons. The molecule has 1 aromatic carbocycles. The molecule has 3 unspecified atom stereocenters. The second-order valence-electron chi connectivity index (χ2n) is 7.84. The number of benzene rings is 1. The van der Waals surface area contributed by atoms with E-state index in [4.69, 9.17) is 4.99 Å². The fraction of sp³-hybridized carbons (Fsp3) is 0.318. The Morgan fingerprint density at radius 3 is 2.87 bits per heavy atom. The predicted molar refractivity (Wildman–Crippen MR) is 112 cm³/mol. The molecule has 3 aliphatic rings. The van der Waals surface area contributed by atoms with E-state index < -0.39 is 23.5 Å². The zero-order valence-electron chi connectivity index (χ0n) is 17.2. The van der Waals surface area contributed by atoms with Gasteiger partial charge in [-0.25, -0.2) is 18.8 Å². The van der Waals surface area contributed by atoms with Crippen LogP contribution < -0.4 is 5.32 Å². The SMILES string of the molecule is CCC12C=CC=CN1C1=NC(n3ccnc3-c3ccc(F)c(F)c3)NCC1N(C)C2=O. The lowest BCUT2D eigenvalue weighted by molar-refractivity contribution is -0.141. The Bertz CT molecular complexity index is 1140. The molecule has 0 saturated carbocycles. The Kier molecular flexibility index (Phi) is 4.51. The standard InChI is InChI=1S/C22H22F2N6O/c1-3-22-8-4-5-10-30(22)19-17(28(2)20(22)31)13-26-21(27-19)29-11-9-25-18(29)14-6-7-15(23)16(24)12-14/h4-12,17,21,26H,3,13H2,1-2H3. The normalized spacial score (nSPS) is 27.2. The fourth-order valence-electron chi connectivity index (χ4n) is 4.53. The van der Waals surface area contributed by atoms with Crippen molar-refractivity contribution < 1.29 is 13.6 Å². The van der Waals surface area contributed by atoms with Crippen molar-refractivity contribution in [3.8, 4) is 11.4 Å². The largest absolute Gasteiger partial charge is 0.332 e. The molecule has 160 valence electrons. The number of carbonyl (C=O) groups is 1. The summed E-state index contributed by atoms with van der Waals surface area (Å²) in [6, 6.07) is 3.49. The molecule has 1 aromatic heterocycles. The molecule has 31 heavy (non-hydrogen) atoms. The van der Waals surface area contributed by atoms with Crippen LogP contribution in [0, 0.1) is 11.6 Å². The molecule has 5 rings (SSSR count). The van der Waals surface area contributed by atoms with E-state index in [-0.39, 0.29) is 11.9 Å². The van der Waals surface area contributed by atoms with Crippen LogP contribution in [-0.4, -0.2) is 56.3 Å². The van der Waals surface area contributed by atoms with Crippen LogP contribution in [0.3, 0.4) is 0 Å². The number of amidine groups is 1. The van der Waals surface area contributed by atoms with Gasteiger partial charge in [0.2, 0.25) is 0 Å². The minimum Gasteiger partial charge on any atom is -0.332 e. The molecule has 1 N–H and O–H groups in total. The smallest absolute Gasteiger partial charge is 0.253 e. The van der Waals surface area contributed by atoms with Crippen LogP contribution >= 0.6 is 0 Å². The van der Waals surface area contributed by atoms with Gasteiger partial charge in [0.25, 0.3) is 5.91 Å². The summed E-state index contributed by atoms with van der Waals surface area (Å²) >= 11 is 0. The molecule has 9 heteroatoms. The van der Waals surface area contributed by atoms with Crippen LogP contribution in [-0.2, 0) is 4.79 Å². The van der Waals surface area contributed by atoms with Gasteiger partial charge in [-0.05, 0) is 36.8 Å². The monoisotopic (exact) mass is 424 g/mol. The number of imidazole rings is 1. The first-order chi connectivity index (χ1) is 15.0. The molecule has 0 spiro atoms. The third kappa shape index (κ3) is 2.83. The van der Waals surface area contributed by atoms with Gasteiger partial charge in [-0.2, -0.15) is 0 Å². The summed E-state index contributed by atoms with van der Waals surface area (Å²) in [6.45, 7) is 2.48. The number of fused-ring (bicyclic) bond motifs is 3. The summed E-state index contributed by atoms with van der Waals surface area (Å²) in [5.41, 5.74) is -0.342. The Morgan fingerprint density at radius 2 is 2.10 bits per heavy atom. The van der Waals surface area contributed by atoms with Gasteiger partial charge < -0.3 is 9.80 Å². The summed E-state index contributed by atoms with van der Waals surface area (Å²) in [5.74, 6) is -0.560. The summed E-state index contributed by atoms with van der Waals surface area (Å²) in [7, 11) is 1.80. The highest BCUT2D eigenvalue weighted by Crippen LogP contribution is 2.36. The maximum Gasteiger partial charge on any atom is 0.253 e. The van der Waals surface area contributed by atoms with Crippen molar-refractivity contribution in [1.82, 2.24) is 24.7 Å². The van der Waals surface area contributed by atoms with Crippen LogP contribution in [0.4, 0.5) is 8.78 Å². The molecule has 4 heterocycles. The van der Waals surface area contributed by atoms with E-state index in [0.717, 1.165) is 18.0 Å². The average Bonchev–Trinajstić information content (AvgIpc) is 3.29. The number of rotatable bonds is 3. The first-order valence-electron chi connectivity index (χ1n) is 10.2. The Labute approximate surface area is 178 Å². The zero-order valence-corrected chi connectivity index (χ0v) is 17.2. The first kappa shape index (κ1) is 19.6. The van der Waals surface area contributed by atoms with Crippen molar-refractivity contribution in [1.29, 1.82) is 0 Å². The number of halogens is 2. The van der Waals surface area contributed by atoms with Gasteiger partial charge in [0.05, 0.1) is 0 Å². The maximum absolute atomic E-state index is 13.8. The summed E-state index contributed by atoms with van der Waals surface area (Å²) in [6.07, 6.45) is 11.0. The van der Waals surface area contributed by atoms with Crippen LogP contribution in [0.5, 0.6) is 0 Å². The molecule has 0 bridgehead atoms. The molecule has 3 atom stereocenters. The molecule has 7 nitrogen and oxygen atoms in total. The van der Waals surface area contributed by atoms with E-state index in [1.54, 1.807) is 28.9 Å². The number of hydrogen-bond acceptors (Lipinski definition) is 5. The van der Waals surface area contributed by atoms with Gasteiger partial charge >= 0.3 is 0 Å². The predicted octanol–water partition coefficient (Wildman–Crippen LogP) is 2.66.